The number of rotatable bonds is 3. The minimum Gasteiger partial charge on any atom is -0.468 e. The van der Waals surface area contributed by atoms with E-state index in [-0.39, 0.29) is 12.5 Å². The molecule has 5 nitrogen and oxygen atoms in total. The number of methoxy groups -OCH3 is 1. The summed E-state index contributed by atoms with van der Waals surface area (Å²) < 4.78 is 4.47. The SMILES string of the molecule is COC(=O)CN(C)C(=O)c1ccc(N)cc1. The summed E-state index contributed by atoms with van der Waals surface area (Å²) in [5.74, 6) is -0.698. The van der Waals surface area contributed by atoms with E-state index in [0.717, 1.165) is 0 Å². The molecule has 86 valence electrons. The molecule has 5 heteroatoms. The van der Waals surface area contributed by atoms with Crippen LogP contribution in [0.1, 0.15) is 10.4 Å². The molecule has 0 saturated carbocycles. The Bertz CT molecular complexity index is 387. The van der Waals surface area contributed by atoms with Gasteiger partial charge in [-0.25, -0.2) is 0 Å². The maximum Gasteiger partial charge on any atom is 0.325 e. The Morgan fingerprint density at radius 1 is 1.31 bits per heavy atom. The summed E-state index contributed by atoms with van der Waals surface area (Å²) in [5, 5.41) is 0. The monoisotopic (exact) mass is 222 g/mol. The first-order chi connectivity index (χ1) is 7.54. The van der Waals surface area contributed by atoms with Crippen LogP contribution in [0.15, 0.2) is 24.3 Å². The first-order valence-electron chi connectivity index (χ1n) is 4.72. The van der Waals surface area contributed by atoms with Crippen molar-refractivity contribution in [2.24, 2.45) is 0 Å². The van der Waals surface area contributed by atoms with Crippen LogP contribution in [0, 0.1) is 0 Å². The summed E-state index contributed by atoms with van der Waals surface area (Å²) in [7, 11) is 2.82. The van der Waals surface area contributed by atoms with E-state index in [9.17, 15) is 9.59 Å². The molecule has 0 aliphatic carbocycles. The standard InChI is InChI=1S/C11H14N2O3/c1-13(7-10(14)16-2)11(15)8-3-5-9(12)6-4-8/h3-6H,7,12H2,1-2H3. The van der Waals surface area contributed by atoms with E-state index in [1.807, 2.05) is 0 Å². The summed E-state index contributed by atoms with van der Waals surface area (Å²) in [6.45, 7) is -0.0697. The van der Waals surface area contributed by atoms with Crippen molar-refractivity contribution in [2.45, 2.75) is 0 Å². The molecular formula is C11H14N2O3. The fourth-order valence-electron chi connectivity index (χ4n) is 1.18. The van der Waals surface area contributed by atoms with Crippen molar-refractivity contribution in [3.63, 3.8) is 0 Å². The highest BCUT2D eigenvalue weighted by molar-refractivity contribution is 5.96. The minimum absolute atomic E-state index is 0.0697. The van der Waals surface area contributed by atoms with Gasteiger partial charge < -0.3 is 15.4 Å². The second kappa shape index (κ2) is 5.16. The second-order valence-electron chi connectivity index (χ2n) is 3.36. The van der Waals surface area contributed by atoms with Crippen molar-refractivity contribution in [3.8, 4) is 0 Å². The molecule has 0 aliphatic heterocycles. The Morgan fingerprint density at radius 2 is 1.88 bits per heavy atom. The van der Waals surface area contributed by atoms with Crippen LogP contribution in [0.25, 0.3) is 0 Å². The predicted octanol–water partition coefficient (Wildman–Crippen LogP) is 0.514. The van der Waals surface area contributed by atoms with E-state index in [1.54, 1.807) is 24.3 Å². The average molecular weight is 222 g/mol. The van der Waals surface area contributed by atoms with E-state index < -0.39 is 5.97 Å². The largest absolute Gasteiger partial charge is 0.468 e. The van der Waals surface area contributed by atoms with Gasteiger partial charge in [0, 0.05) is 18.3 Å². The van der Waals surface area contributed by atoms with Gasteiger partial charge in [0.2, 0.25) is 0 Å². The number of nitrogens with zero attached hydrogens (tertiary/aromatic N) is 1. The molecule has 1 amide bonds. The van der Waals surface area contributed by atoms with Crippen molar-refractivity contribution in [3.05, 3.63) is 29.8 Å². The van der Waals surface area contributed by atoms with Gasteiger partial charge in [-0.15, -0.1) is 0 Å². The van der Waals surface area contributed by atoms with Crippen molar-refractivity contribution < 1.29 is 14.3 Å². The maximum absolute atomic E-state index is 11.8. The molecule has 2 N–H and O–H groups in total. The Labute approximate surface area is 93.8 Å². The molecular weight excluding hydrogens is 208 g/mol. The molecule has 0 atom stereocenters. The quantitative estimate of drug-likeness (QED) is 0.597. The van der Waals surface area contributed by atoms with E-state index in [2.05, 4.69) is 4.74 Å². The number of carbonyl (C=O) groups excluding carboxylic acids is 2. The number of hydrogen-bond donors (Lipinski definition) is 1. The van der Waals surface area contributed by atoms with Crippen molar-refractivity contribution in [2.75, 3.05) is 26.4 Å². The number of anilines is 1. The van der Waals surface area contributed by atoms with Crippen LogP contribution >= 0.6 is 0 Å². The third kappa shape index (κ3) is 2.98. The lowest BCUT2D eigenvalue weighted by Crippen LogP contribution is -2.32. The maximum atomic E-state index is 11.8. The first-order valence-corrected chi connectivity index (χ1v) is 4.72. The molecule has 0 heterocycles. The van der Waals surface area contributed by atoms with Crippen LogP contribution in [0.5, 0.6) is 0 Å². The zero-order valence-corrected chi connectivity index (χ0v) is 9.27. The number of ether oxygens (including phenoxy) is 1. The fraction of sp³-hybridized carbons (Fsp3) is 0.273. The van der Waals surface area contributed by atoms with Crippen LogP contribution in [0.4, 0.5) is 5.69 Å². The highest BCUT2D eigenvalue weighted by Gasteiger charge is 2.14. The van der Waals surface area contributed by atoms with Gasteiger partial charge in [0.25, 0.3) is 5.91 Å². The third-order valence-electron chi connectivity index (χ3n) is 2.10. The van der Waals surface area contributed by atoms with Gasteiger partial charge >= 0.3 is 5.97 Å². The van der Waals surface area contributed by atoms with Gasteiger partial charge in [-0.05, 0) is 24.3 Å². The van der Waals surface area contributed by atoms with Gasteiger partial charge in [-0.1, -0.05) is 0 Å². The van der Waals surface area contributed by atoms with Crippen molar-refractivity contribution in [1.82, 2.24) is 4.90 Å². The predicted molar refractivity (Wildman–Crippen MR) is 59.8 cm³/mol. The molecule has 0 unspecified atom stereocenters. The molecule has 1 rings (SSSR count). The lowest BCUT2D eigenvalue weighted by atomic mass is 10.2. The number of carbonyl (C=O) groups is 2. The van der Waals surface area contributed by atoms with Crippen LogP contribution in [-0.4, -0.2) is 37.5 Å². The van der Waals surface area contributed by atoms with Crippen LogP contribution in [0.3, 0.4) is 0 Å². The van der Waals surface area contributed by atoms with Crippen LogP contribution in [-0.2, 0) is 9.53 Å². The topological polar surface area (TPSA) is 72.6 Å². The summed E-state index contributed by atoms with van der Waals surface area (Å²) in [5.41, 5.74) is 6.58. The van der Waals surface area contributed by atoms with Gasteiger partial charge in [0.15, 0.2) is 0 Å². The van der Waals surface area contributed by atoms with Crippen LogP contribution < -0.4 is 5.73 Å². The summed E-state index contributed by atoms with van der Waals surface area (Å²) >= 11 is 0. The Hall–Kier alpha value is -2.04. The number of hydrogen-bond acceptors (Lipinski definition) is 4. The van der Waals surface area contributed by atoms with Crippen LogP contribution in [0.2, 0.25) is 0 Å². The molecule has 0 bridgehead atoms. The summed E-state index contributed by atoms with van der Waals surface area (Å²) in [4.78, 5) is 24.0. The fourth-order valence-corrected chi connectivity index (χ4v) is 1.18. The lowest BCUT2D eigenvalue weighted by molar-refractivity contribution is -0.141. The number of benzene rings is 1. The molecule has 0 spiro atoms. The minimum atomic E-state index is -0.453. The molecule has 0 aromatic heterocycles. The lowest BCUT2D eigenvalue weighted by Gasteiger charge is -2.15. The Morgan fingerprint density at radius 3 is 2.38 bits per heavy atom. The third-order valence-corrected chi connectivity index (χ3v) is 2.10. The molecule has 1 aromatic rings. The van der Waals surface area contributed by atoms with Gasteiger partial charge in [0.05, 0.1) is 7.11 Å². The smallest absolute Gasteiger partial charge is 0.325 e. The molecule has 0 fully saturated rings. The van der Waals surface area contributed by atoms with Crippen molar-refractivity contribution >= 4 is 17.6 Å². The normalized spacial score (nSPS) is 9.62. The number of amides is 1. The van der Waals surface area contributed by atoms with E-state index in [0.29, 0.717) is 11.3 Å². The van der Waals surface area contributed by atoms with Gasteiger partial charge in [-0.2, -0.15) is 0 Å². The van der Waals surface area contributed by atoms with Gasteiger partial charge in [-0.3, -0.25) is 9.59 Å². The number of nitrogen functional groups attached to an aromatic ring is 1. The number of nitrogens with two attached hydrogens (primary N) is 1. The molecule has 16 heavy (non-hydrogen) atoms. The Balaban J connectivity index is 2.70. The highest BCUT2D eigenvalue weighted by atomic mass is 16.5. The van der Waals surface area contributed by atoms with E-state index in [1.165, 1.54) is 19.1 Å². The van der Waals surface area contributed by atoms with Gasteiger partial charge in [0.1, 0.15) is 6.54 Å². The summed E-state index contributed by atoms with van der Waals surface area (Å²) in [6, 6.07) is 6.51. The van der Waals surface area contributed by atoms with E-state index in [4.69, 9.17) is 5.73 Å². The Kier molecular flexibility index (Phi) is 3.88. The molecule has 1 aromatic carbocycles. The molecule has 0 aliphatic rings. The second-order valence-corrected chi connectivity index (χ2v) is 3.36. The van der Waals surface area contributed by atoms with Crippen molar-refractivity contribution in [1.29, 1.82) is 0 Å². The van der Waals surface area contributed by atoms with E-state index >= 15 is 0 Å². The number of likely N-dealkylation sites (N-methyl/N-ethyl adjacent to an activating group) is 1. The zero-order valence-electron chi connectivity index (χ0n) is 9.27. The zero-order chi connectivity index (χ0) is 12.1. The summed E-state index contributed by atoms with van der Waals surface area (Å²) in [6.07, 6.45) is 0. The highest BCUT2D eigenvalue weighted by Crippen LogP contribution is 2.07. The average Bonchev–Trinajstić information content (AvgIpc) is 2.28. The number of esters is 1. The first kappa shape index (κ1) is 12.0. The molecule has 0 radical (unpaired) electrons. The molecule has 0 saturated heterocycles.